The number of nitrogens with one attached hydrogen (secondary N) is 3. The lowest BCUT2D eigenvalue weighted by Gasteiger charge is -2.17. The molecule has 92 heavy (non-hydrogen) atoms. The van der Waals surface area contributed by atoms with Gasteiger partial charge in [-0.3, -0.25) is 29.3 Å². The first-order valence-corrected chi connectivity index (χ1v) is 32.5. The number of nitrogens with zero attached hydrogens (tertiary/aromatic N) is 7. The lowest BCUT2D eigenvalue weighted by atomic mass is 9.90. The van der Waals surface area contributed by atoms with E-state index in [4.69, 9.17) is 23.3 Å². The number of amides is 3. The average molecular weight is 1250 g/mol. The van der Waals surface area contributed by atoms with Gasteiger partial charge in [0.05, 0.1) is 27.1 Å². The van der Waals surface area contributed by atoms with Crippen LogP contribution in [0.2, 0.25) is 5.02 Å². The molecule has 17 heteroatoms. The minimum atomic E-state index is -0.215. The second-order valence-corrected chi connectivity index (χ2v) is 26.8. The fraction of sp³-hybridized carbons (Fsp3) is 0.360. The maximum absolute atomic E-state index is 13.8. The highest BCUT2D eigenvalue weighted by Crippen LogP contribution is 2.56. The molecule has 6 aliphatic rings. The van der Waals surface area contributed by atoms with Gasteiger partial charge in [-0.25, -0.2) is 28.1 Å². The van der Waals surface area contributed by atoms with Crippen LogP contribution in [-0.2, 0) is 0 Å². The summed E-state index contributed by atoms with van der Waals surface area (Å²) in [5.74, 6) is 8.25. The first kappa shape index (κ1) is 61.7. The molecule has 3 N–H and O–H groups in total. The van der Waals surface area contributed by atoms with E-state index >= 15 is 0 Å². The van der Waals surface area contributed by atoms with E-state index in [1.807, 2.05) is 24.7 Å². The van der Waals surface area contributed by atoms with Crippen molar-refractivity contribution in [3.8, 4) is 18.4 Å². The molecule has 6 heterocycles. The quantitative estimate of drug-likeness (QED) is 0.0993. The van der Waals surface area contributed by atoms with Gasteiger partial charge in [-0.2, -0.15) is 5.26 Å². The first-order chi connectivity index (χ1) is 44.8. The lowest BCUT2D eigenvalue weighted by Crippen LogP contribution is -2.29. The van der Waals surface area contributed by atoms with Crippen molar-refractivity contribution in [2.24, 2.45) is 53.3 Å². The van der Waals surface area contributed by atoms with E-state index in [-0.39, 0.29) is 35.2 Å². The summed E-state index contributed by atoms with van der Waals surface area (Å²) in [7, 11) is 0. The number of terminal acetylenes is 1. The van der Waals surface area contributed by atoms with Gasteiger partial charge in [0.25, 0.3) is 17.7 Å². The minimum Gasteiger partial charge on any atom is -0.352 e. The zero-order chi connectivity index (χ0) is 63.4. The number of benzene rings is 3. The summed E-state index contributed by atoms with van der Waals surface area (Å²) in [5, 5.41) is 21.3. The third-order valence-corrected chi connectivity index (χ3v) is 21.0. The van der Waals surface area contributed by atoms with E-state index in [0.717, 1.165) is 110 Å². The number of rotatable bonds is 12. The largest absolute Gasteiger partial charge is 0.352 e. The smallest absolute Gasteiger partial charge is 0.269 e. The Morgan fingerprint density at radius 1 is 0.457 bits per heavy atom. The fourth-order valence-corrected chi connectivity index (χ4v) is 16.8. The number of pyridine rings is 6. The van der Waals surface area contributed by atoms with Crippen LogP contribution in [0.1, 0.15) is 154 Å². The molecule has 0 saturated heterocycles. The summed E-state index contributed by atoms with van der Waals surface area (Å²) in [6.07, 6.45) is 28.8. The summed E-state index contributed by atoms with van der Waals surface area (Å²) < 4.78 is 41.4. The van der Waals surface area contributed by atoms with Crippen LogP contribution in [0.25, 0.3) is 32.7 Å². The molecule has 13 nitrogen and oxygen atoms in total. The number of nitriles is 1. The molecule has 6 aliphatic carbocycles. The van der Waals surface area contributed by atoms with E-state index < -0.39 is 0 Å². The zero-order valence-electron chi connectivity index (χ0n) is 50.8. The monoisotopic (exact) mass is 1250 g/mol. The topological polar surface area (TPSA) is 188 Å². The maximum Gasteiger partial charge on any atom is 0.269 e. The molecule has 6 unspecified atom stereocenters. The summed E-state index contributed by atoms with van der Waals surface area (Å²) in [5.41, 5.74) is 8.50. The highest BCUT2D eigenvalue weighted by Gasteiger charge is 2.45. The van der Waals surface area contributed by atoms with Crippen molar-refractivity contribution in [1.29, 1.82) is 5.26 Å². The molecule has 466 valence electrons. The van der Waals surface area contributed by atoms with Gasteiger partial charge in [0.1, 0.15) is 40.6 Å². The number of halogens is 4. The predicted molar refractivity (Wildman–Crippen MR) is 348 cm³/mol. The molecular formula is C75H70ClF3N10O3. The molecule has 0 radical (unpaired) electrons. The average Bonchev–Trinajstić information content (AvgIpc) is 1.60. The SMILES string of the molecule is C#Cc1ccc(C(=O)NCC2C[C@@H]3CC(c4ccnc5ccc(F)cc45)C[C@@H]3C2)nc1.N#Cc1ccc(C(=O)NCC2C[C@@H]3CC(c4ccnc5ccc(F)cc45)C[C@@H]3C2)cn1.O=C(NCC1C[C@@H]2CC(c3ccnc4ccc(F)cc34)C[C@@H]2C1)c1ccc(Cl)cn1. The van der Waals surface area contributed by atoms with Gasteiger partial charge in [0.15, 0.2) is 0 Å². The minimum absolute atomic E-state index is 0.141. The molecule has 9 aromatic rings. The Balaban J connectivity index is 0.000000126. The highest BCUT2D eigenvalue weighted by atomic mass is 35.5. The second kappa shape index (κ2) is 27.4. The maximum atomic E-state index is 13.8. The van der Waals surface area contributed by atoms with Crippen molar-refractivity contribution in [3.63, 3.8) is 0 Å². The van der Waals surface area contributed by atoms with Crippen molar-refractivity contribution in [1.82, 2.24) is 45.9 Å². The predicted octanol–water partition coefficient (Wildman–Crippen LogP) is 14.7. The molecular weight excluding hydrogens is 1180 g/mol. The third kappa shape index (κ3) is 13.9. The molecule has 3 aromatic carbocycles. The van der Waals surface area contributed by atoms with Crippen LogP contribution in [0, 0.1) is 94.4 Å². The highest BCUT2D eigenvalue weighted by molar-refractivity contribution is 6.30. The number of hydrogen-bond donors (Lipinski definition) is 3. The van der Waals surface area contributed by atoms with Crippen molar-refractivity contribution in [2.45, 2.75) is 94.8 Å². The van der Waals surface area contributed by atoms with Gasteiger partial charge in [-0.05, 0) is 274 Å². The van der Waals surface area contributed by atoms with E-state index in [2.05, 4.69) is 70.0 Å². The van der Waals surface area contributed by atoms with Crippen LogP contribution in [-0.4, -0.2) is 67.3 Å². The standard InChI is InChI=1S/C26H24FN3O.C25H23FN4O.C24H23ClFN3O/c1-2-16-3-5-25(29-14-16)26(31)30-15-17-9-18-11-20(12-19(18)10-17)22-7-8-28-24-6-4-21(27)13-23(22)24;26-20-2-4-24-23(11-20)22(5-6-28-24)19-9-17-7-15(8-18(17)10-19)13-30-25(31)16-1-3-21(12-27)29-14-16;25-18-1-3-23(28-13-18)24(30)29-12-14-7-15-9-17(10-16(15)8-14)20-5-6-27-22-4-2-19(26)11-21(20)22/h1,3-8,13-14,17-20H,9-12,15H2,(H,30,31);1-6,11,14-15,17-19H,7-10,13H2,(H,30,31);1-6,11,13-17H,7-10,12H2,(H,29,30)/t17?,18-,19+,20?;15?,17-,18+,19?;14?,15-,16+,17?. The third-order valence-electron chi connectivity index (χ3n) is 20.8. The molecule has 0 bridgehead atoms. The Bertz CT molecular complexity index is 4070. The van der Waals surface area contributed by atoms with Crippen LogP contribution >= 0.6 is 11.6 Å². The van der Waals surface area contributed by atoms with Crippen LogP contribution in [0.3, 0.4) is 0 Å². The summed E-state index contributed by atoms with van der Waals surface area (Å²) in [4.78, 5) is 62.4. The fourth-order valence-electron chi connectivity index (χ4n) is 16.7. The van der Waals surface area contributed by atoms with Crippen molar-refractivity contribution < 1.29 is 27.6 Å². The Morgan fingerprint density at radius 3 is 1.18 bits per heavy atom. The Hall–Kier alpha value is -9.12. The number of fused-ring (bicyclic) bond motifs is 6. The Labute approximate surface area is 537 Å². The van der Waals surface area contributed by atoms with Crippen molar-refractivity contribution in [2.75, 3.05) is 19.6 Å². The van der Waals surface area contributed by atoms with Crippen LogP contribution < -0.4 is 16.0 Å². The lowest BCUT2D eigenvalue weighted by molar-refractivity contribution is 0.0934. The summed E-state index contributed by atoms with van der Waals surface area (Å²) in [6.45, 7) is 2.03. The van der Waals surface area contributed by atoms with Gasteiger partial charge >= 0.3 is 0 Å². The van der Waals surface area contributed by atoms with Gasteiger partial charge in [0.2, 0.25) is 0 Å². The number of aromatic nitrogens is 6. The normalized spacial score (nSPS) is 24.9. The summed E-state index contributed by atoms with van der Waals surface area (Å²) >= 11 is 5.83. The molecule has 0 spiro atoms. The Morgan fingerprint density at radius 2 is 0.848 bits per heavy atom. The second-order valence-electron chi connectivity index (χ2n) is 26.4. The van der Waals surface area contributed by atoms with E-state index in [1.54, 1.807) is 79.0 Å². The van der Waals surface area contributed by atoms with Gasteiger partial charge < -0.3 is 16.0 Å². The van der Waals surface area contributed by atoms with E-state index in [1.165, 1.54) is 47.3 Å². The Kier molecular flexibility index (Phi) is 18.4. The van der Waals surface area contributed by atoms with Gasteiger partial charge in [-0.1, -0.05) is 17.5 Å². The van der Waals surface area contributed by atoms with Gasteiger partial charge in [-0.15, -0.1) is 6.42 Å². The molecule has 6 fully saturated rings. The molecule has 0 aliphatic heterocycles. The van der Waals surface area contributed by atoms with E-state index in [9.17, 15) is 27.6 Å². The van der Waals surface area contributed by atoms with Crippen LogP contribution in [0.15, 0.2) is 146 Å². The molecule has 12 atom stereocenters. The molecule has 15 rings (SSSR count). The van der Waals surface area contributed by atoms with Crippen molar-refractivity contribution >= 4 is 62.0 Å². The summed E-state index contributed by atoms with van der Waals surface area (Å²) in [6, 6.07) is 32.6. The van der Waals surface area contributed by atoms with Crippen molar-refractivity contribution in [3.05, 3.63) is 214 Å². The number of hydrogen-bond acceptors (Lipinski definition) is 10. The first-order valence-electron chi connectivity index (χ1n) is 32.1. The molecule has 3 amide bonds. The number of carbonyl (C=O) groups is 3. The molecule has 6 saturated carbocycles. The van der Waals surface area contributed by atoms with Crippen LogP contribution in [0.4, 0.5) is 13.2 Å². The van der Waals surface area contributed by atoms with Gasteiger partial charge in [0, 0.05) is 78.5 Å². The molecule has 6 aromatic heterocycles. The zero-order valence-corrected chi connectivity index (χ0v) is 51.6. The number of carbonyl (C=O) groups excluding carboxylic acids is 3. The van der Waals surface area contributed by atoms with Crippen LogP contribution in [0.5, 0.6) is 0 Å². The van der Waals surface area contributed by atoms with E-state index in [0.29, 0.717) is 124 Å².